The van der Waals surface area contributed by atoms with Gasteiger partial charge in [-0.1, -0.05) is 6.58 Å². The summed E-state index contributed by atoms with van der Waals surface area (Å²) >= 11 is 0. The number of halogens is 1. The molecule has 1 N–H and O–H groups in total. The number of hydrogen-bond acceptors (Lipinski definition) is 1. The maximum atomic E-state index is 11.5. The molecular weight excluding hydrogens is 138 g/mol. The molecule has 0 amide bonds. The SMILES string of the molecule is C=CC(F)C(=O)O.[KH]. The molecule has 0 saturated carbocycles. The fraction of sp³-hybridized carbons (Fsp3) is 0.250. The van der Waals surface area contributed by atoms with E-state index >= 15 is 0 Å². The Bertz CT molecular complexity index is 94.0. The van der Waals surface area contributed by atoms with E-state index in [9.17, 15) is 9.18 Å². The zero-order valence-corrected chi connectivity index (χ0v) is 3.60. The van der Waals surface area contributed by atoms with Crippen LogP contribution < -0.4 is 0 Å². The van der Waals surface area contributed by atoms with Gasteiger partial charge in [0.1, 0.15) is 0 Å². The van der Waals surface area contributed by atoms with Crippen molar-refractivity contribution in [3.63, 3.8) is 0 Å². The normalized spacial score (nSPS) is 11.1. The Morgan fingerprint density at radius 3 is 2.25 bits per heavy atom. The number of carbonyl (C=O) groups is 1. The van der Waals surface area contributed by atoms with Crippen LogP contribution in [0.25, 0.3) is 0 Å². The predicted molar refractivity (Wildman–Crippen MR) is 29.9 cm³/mol. The van der Waals surface area contributed by atoms with E-state index in [1.165, 1.54) is 0 Å². The summed E-state index contributed by atoms with van der Waals surface area (Å²) < 4.78 is 11.5. The van der Waals surface area contributed by atoms with Crippen LogP contribution in [0.15, 0.2) is 12.7 Å². The Kier molecular flexibility index (Phi) is 8.53. The quantitative estimate of drug-likeness (QED) is 0.435. The minimum absolute atomic E-state index is 0. The molecular formula is C4H6FKO2. The molecule has 0 aromatic carbocycles. The molecule has 0 rings (SSSR count). The van der Waals surface area contributed by atoms with Crippen molar-refractivity contribution in [2.24, 2.45) is 0 Å². The van der Waals surface area contributed by atoms with Crippen LogP contribution in [0.5, 0.6) is 0 Å². The van der Waals surface area contributed by atoms with E-state index < -0.39 is 12.1 Å². The Labute approximate surface area is 89.2 Å². The van der Waals surface area contributed by atoms with Crippen molar-refractivity contribution < 1.29 is 14.3 Å². The molecule has 0 radical (unpaired) electrons. The van der Waals surface area contributed by atoms with Gasteiger partial charge in [0, 0.05) is 0 Å². The first-order valence-corrected chi connectivity index (χ1v) is 1.68. The van der Waals surface area contributed by atoms with Crippen molar-refractivity contribution in [2.45, 2.75) is 6.17 Å². The molecule has 0 fully saturated rings. The summed E-state index contributed by atoms with van der Waals surface area (Å²) in [7, 11) is 0. The van der Waals surface area contributed by atoms with Crippen molar-refractivity contribution in [2.75, 3.05) is 0 Å². The molecule has 0 spiro atoms. The zero-order chi connectivity index (χ0) is 5.86. The zero-order valence-electron chi connectivity index (χ0n) is 3.60. The van der Waals surface area contributed by atoms with Crippen molar-refractivity contribution >= 4 is 57.4 Å². The molecule has 0 aliphatic carbocycles. The Balaban J connectivity index is 0. The van der Waals surface area contributed by atoms with E-state index in [-0.39, 0.29) is 51.4 Å². The topological polar surface area (TPSA) is 37.3 Å². The molecule has 0 aliphatic rings. The molecule has 0 aromatic rings. The van der Waals surface area contributed by atoms with Crippen LogP contribution >= 0.6 is 0 Å². The van der Waals surface area contributed by atoms with Crippen LogP contribution in [0, 0.1) is 0 Å². The Morgan fingerprint density at radius 2 is 2.25 bits per heavy atom. The van der Waals surface area contributed by atoms with Crippen molar-refractivity contribution in [1.29, 1.82) is 0 Å². The number of alkyl halides is 1. The summed E-state index contributed by atoms with van der Waals surface area (Å²) in [6.07, 6.45) is -1.19. The molecule has 0 aliphatic heterocycles. The van der Waals surface area contributed by atoms with Gasteiger partial charge in [0.25, 0.3) is 0 Å². The standard InChI is InChI=1S/C4H5FO2.K.H/c1-2-3(5)4(6)7;;/h2-3H,1H2,(H,6,7);;. The van der Waals surface area contributed by atoms with Crippen LogP contribution in [0.1, 0.15) is 0 Å². The van der Waals surface area contributed by atoms with Crippen molar-refractivity contribution in [3.8, 4) is 0 Å². The van der Waals surface area contributed by atoms with Crippen LogP contribution in [0.2, 0.25) is 0 Å². The predicted octanol–water partition coefficient (Wildman–Crippen LogP) is -0.0534. The monoisotopic (exact) mass is 144 g/mol. The summed E-state index contributed by atoms with van der Waals surface area (Å²) in [6, 6.07) is 0. The van der Waals surface area contributed by atoms with Gasteiger partial charge in [-0.15, -0.1) is 0 Å². The summed E-state index contributed by atoms with van der Waals surface area (Å²) in [5.41, 5.74) is 0. The van der Waals surface area contributed by atoms with Crippen LogP contribution in [0.3, 0.4) is 0 Å². The average Bonchev–Trinajstić information content (AvgIpc) is 1.65. The summed E-state index contributed by atoms with van der Waals surface area (Å²) in [5, 5.41) is 7.74. The summed E-state index contributed by atoms with van der Waals surface area (Å²) in [4.78, 5) is 9.48. The van der Waals surface area contributed by atoms with Crippen LogP contribution in [-0.4, -0.2) is 68.6 Å². The molecule has 1 atom stereocenters. The number of aliphatic carboxylic acids is 1. The molecule has 2 nitrogen and oxygen atoms in total. The second kappa shape index (κ2) is 5.90. The number of carboxylic acids is 1. The van der Waals surface area contributed by atoms with Crippen molar-refractivity contribution in [3.05, 3.63) is 12.7 Å². The Morgan fingerprint density at radius 1 is 1.88 bits per heavy atom. The fourth-order valence-electron chi connectivity index (χ4n) is 0.101. The van der Waals surface area contributed by atoms with Crippen LogP contribution in [-0.2, 0) is 4.79 Å². The average molecular weight is 144 g/mol. The van der Waals surface area contributed by atoms with E-state index in [2.05, 4.69) is 6.58 Å². The van der Waals surface area contributed by atoms with Gasteiger partial charge in [0.15, 0.2) is 0 Å². The van der Waals surface area contributed by atoms with E-state index in [1.54, 1.807) is 0 Å². The van der Waals surface area contributed by atoms with Gasteiger partial charge in [-0.2, -0.15) is 0 Å². The minimum atomic E-state index is -1.92. The van der Waals surface area contributed by atoms with Crippen molar-refractivity contribution in [1.82, 2.24) is 0 Å². The maximum absolute atomic E-state index is 11.5. The fourth-order valence-corrected chi connectivity index (χ4v) is 0.101. The van der Waals surface area contributed by atoms with E-state index in [1.807, 2.05) is 0 Å². The molecule has 8 heavy (non-hydrogen) atoms. The third kappa shape index (κ3) is 4.92. The third-order valence-electron chi connectivity index (χ3n) is 0.443. The molecule has 0 bridgehead atoms. The summed E-state index contributed by atoms with van der Waals surface area (Å²) in [6.45, 7) is 2.93. The first kappa shape index (κ1) is 11.6. The first-order chi connectivity index (χ1) is 3.18. The second-order valence-corrected chi connectivity index (χ2v) is 0.976. The molecule has 0 saturated heterocycles. The third-order valence-corrected chi connectivity index (χ3v) is 0.443. The second-order valence-electron chi connectivity index (χ2n) is 0.976. The molecule has 1 unspecified atom stereocenters. The van der Waals surface area contributed by atoms with E-state index in [4.69, 9.17) is 5.11 Å². The van der Waals surface area contributed by atoms with Gasteiger partial charge >= 0.3 is 57.4 Å². The Hall–Kier alpha value is 0.776. The van der Waals surface area contributed by atoms with E-state index in [0.717, 1.165) is 6.08 Å². The summed E-state index contributed by atoms with van der Waals surface area (Å²) in [5.74, 6) is -1.49. The molecule has 0 aromatic heterocycles. The van der Waals surface area contributed by atoms with Gasteiger partial charge in [-0.25, -0.2) is 9.18 Å². The van der Waals surface area contributed by atoms with Gasteiger partial charge in [0.05, 0.1) is 0 Å². The van der Waals surface area contributed by atoms with Gasteiger partial charge in [0.2, 0.25) is 6.17 Å². The number of rotatable bonds is 2. The van der Waals surface area contributed by atoms with Gasteiger partial charge in [-0.05, 0) is 6.08 Å². The first-order valence-electron chi connectivity index (χ1n) is 1.68. The number of carboxylic acid groups (broad SMARTS) is 1. The van der Waals surface area contributed by atoms with Gasteiger partial charge < -0.3 is 5.11 Å². The molecule has 0 heterocycles. The van der Waals surface area contributed by atoms with Crippen LogP contribution in [0.4, 0.5) is 4.39 Å². The molecule has 42 valence electrons. The number of hydrogen-bond donors (Lipinski definition) is 1. The van der Waals surface area contributed by atoms with Gasteiger partial charge in [-0.3, -0.25) is 0 Å². The van der Waals surface area contributed by atoms with E-state index in [0.29, 0.717) is 0 Å². The molecule has 4 heteroatoms.